The van der Waals surface area contributed by atoms with Crippen LogP contribution in [0.3, 0.4) is 0 Å². The highest BCUT2D eigenvalue weighted by atomic mass is 32.2. The van der Waals surface area contributed by atoms with Crippen molar-refractivity contribution in [1.82, 2.24) is 4.68 Å². The van der Waals surface area contributed by atoms with Crippen molar-refractivity contribution in [3.8, 4) is 11.3 Å². The summed E-state index contributed by atoms with van der Waals surface area (Å²) in [6.45, 7) is 1.10. The summed E-state index contributed by atoms with van der Waals surface area (Å²) in [5.41, 5.74) is 2.75. The van der Waals surface area contributed by atoms with Gasteiger partial charge in [-0.25, -0.2) is 9.07 Å². The lowest BCUT2D eigenvalue weighted by atomic mass is 10.2. The van der Waals surface area contributed by atoms with Crippen LogP contribution >= 0.6 is 23.1 Å². The smallest absolute Gasteiger partial charge is 0.206 e. The third kappa shape index (κ3) is 5.15. The average Bonchev–Trinajstić information content (AvgIpc) is 3.10. The average molecular weight is 402 g/mol. The molecule has 0 aliphatic carbocycles. The van der Waals surface area contributed by atoms with E-state index in [0.29, 0.717) is 13.2 Å². The van der Waals surface area contributed by atoms with Crippen molar-refractivity contribution in [2.75, 3.05) is 26.5 Å². The predicted molar refractivity (Wildman–Crippen MR) is 111 cm³/mol. The number of benzene rings is 2. The molecule has 1 aromatic heterocycles. The van der Waals surface area contributed by atoms with E-state index in [0.717, 1.165) is 21.6 Å². The summed E-state index contributed by atoms with van der Waals surface area (Å²) < 4.78 is 20.1. The molecule has 27 heavy (non-hydrogen) atoms. The Bertz CT molecular complexity index is 960. The van der Waals surface area contributed by atoms with Crippen molar-refractivity contribution >= 4 is 29.3 Å². The van der Waals surface area contributed by atoms with E-state index in [1.54, 1.807) is 41.9 Å². The third-order valence-electron chi connectivity index (χ3n) is 3.81. The maximum atomic E-state index is 13.3. The maximum absolute atomic E-state index is 13.3. The monoisotopic (exact) mass is 401 g/mol. The number of rotatable bonds is 7. The van der Waals surface area contributed by atoms with Crippen LogP contribution in [0.4, 0.5) is 4.39 Å². The van der Waals surface area contributed by atoms with Crippen molar-refractivity contribution in [1.29, 1.82) is 0 Å². The Labute approximate surface area is 166 Å². The first-order chi connectivity index (χ1) is 13.2. The summed E-state index contributed by atoms with van der Waals surface area (Å²) in [6, 6.07) is 14.6. The van der Waals surface area contributed by atoms with E-state index in [4.69, 9.17) is 4.74 Å². The van der Waals surface area contributed by atoms with Gasteiger partial charge >= 0.3 is 0 Å². The Hall–Kier alpha value is -2.22. The molecule has 0 N–H and O–H groups in total. The Balaban J connectivity index is 1.98. The van der Waals surface area contributed by atoms with E-state index in [1.807, 2.05) is 23.8 Å². The molecular formula is C20H20FN3OS2. The molecule has 0 unspecified atom stereocenters. The van der Waals surface area contributed by atoms with E-state index >= 15 is 0 Å². The quantitative estimate of drug-likeness (QED) is 0.332. The molecule has 3 aromatic rings. The molecule has 0 bridgehead atoms. The van der Waals surface area contributed by atoms with Gasteiger partial charge in [-0.15, -0.1) is 23.1 Å². The number of aromatic nitrogens is 1. The molecule has 7 heteroatoms. The lowest BCUT2D eigenvalue weighted by Crippen LogP contribution is -2.13. The van der Waals surface area contributed by atoms with Gasteiger partial charge in [0.15, 0.2) is 0 Å². The van der Waals surface area contributed by atoms with Crippen LogP contribution in [0, 0.1) is 5.82 Å². The molecule has 0 saturated heterocycles. The number of thioether (sulfide) groups is 1. The van der Waals surface area contributed by atoms with Gasteiger partial charge in [-0.2, -0.15) is 5.10 Å². The first-order valence-corrected chi connectivity index (χ1v) is 10.5. The number of nitrogens with zero attached hydrogens (tertiary/aromatic N) is 3. The lowest BCUT2D eigenvalue weighted by Gasteiger charge is -2.04. The van der Waals surface area contributed by atoms with Gasteiger partial charge in [-0.3, -0.25) is 4.99 Å². The zero-order chi connectivity index (χ0) is 19.1. The fourth-order valence-electron chi connectivity index (χ4n) is 2.39. The van der Waals surface area contributed by atoms with Gasteiger partial charge < -0.3 is 4.74 Å². The van der Waals surface area contributed by atoms with Crippen LogP contribution < -0.4 is 4.80 Å². The molecule has 2 aromatic carbocycles. The third-order valence-corrected chi connectivity index (χ3v) is 5.40. The van der Waals surface area contributed by atoms with Crippen LogP contribution in [0.2, 0.25) is 0 Å². The van der Waals surface area contributed by atoms with E-state index in [-0.39, 0.29) is 5.82 Å². The van der Waals surface area contributed by atoms with Crippen molar-refractivity contribution in [3.63, 3.8) is 0 Å². The molecule has 0 spiro atoms. The largest absolute Gasteiger partial charge is 0.383 e. The second kappa shape index (κ2) is 9.64. The van der Waals surface area contributed by atoms with E-state index in [9.17, 15) is 4.39 Å². The fourth-order valence-corrected chi connectivity index (χ4v) is 3.66. The Morgan fingerprint density at radius 2 is 1.89 bits per heavy atom. The van der Waals surface area contributed by atoms with E-state index < -0.39 is 0 Å². The van der Waals surface area contributed by atoms with Crippen LogP contribution in [0.15, 0.2) is 68.9 Å². The molecule has 140 valence electrons. The Morgan fingerprint density at radius 1 is 1.15 bits per heavy atom. The van der Waals surface area contributed by atoms with E-state index in [2.05, 4.69) is 22.2 Å². The first-order valence-electron chi connectivity index (χ1n) is 8.35. The summed E-state index contributed by atoms with van der Waals surface area (Å²) >= 11 is 3.20. The maximum Gasteiger partial charge on any atom is 0.206 e. The molecule has 0 fully saturated rings. The summed E-state index contributed by atoms with van der Waals surface area (Å²) in [5, 5.41) is 6.62. The molecule has 3 rings (SSSR count). The first kappa shape index (κ1) is 19.5. The van der Waals surface area contributed by atoms with Gasteiger partial charge in [-0.1, -0.05) is 12.1 Å². The van der Waals surface area contributed by atoms with Gasteiger partial charge in [0.05, 0.1) is 25.1 Å². The molecule has 0 radical (unpaired) electrons. The highest BCUT2D eigenvalue weighted by molar-refractivity contribution is 7.98. The summed E-state index contributed by atoms with van der Waals surface area (Å²) in [4.78, 5) is 6.54. The number of hydrogen-bond donors (Lipinski definition) is 0. The highest BCUT2D eigenvalue weighted by Gasteiger charge is 2.07. The molecular weight excluding hydrogens is 381 g/mol. The van der Waals surface area contributed by atoms with Crippen LogP contribution in [0.1, 0.15) is 5.56 Å². The van der Waals surface area contributed by atoms with Crippen molar-refractivity contribution < 1.29 is 9.13 Å². The Morgan fingerprint density at radius 3 is 2.56 bits per heavy atom. The van der Waals surface area contributed by atoms with Gasteiger partial charge in [0, 0.05) is 22.9 Å². The lowest BCUT2D eigenvalue weighted by molar-refractivity contribution is 0.207. The Kier molecular flexibility index (Phi) is 6.98. The van der Waals surface area contributed by atoms with Crippen LogP contribution in [-0.4, -0.2) is 37.4 Å². The normalized spacial score (nSPS) is 12.2. The summed E-state index contributed by atoms with van der Waals surface area (Å²) in [5.74, 6) is -0.261. The summed E-state index contributed by atoms with van der Waals surface area (Å²) in [7, 11) is 1.65. The number of halogens is 1. The zero-order valence-electron chi connectivity index (χ0n) is 15.1. The molecule has 1 heterocycles. The van der Waals surface area contributed by atoms with Crippen molar-refractivity contribution in [2.24, 2.45) is 10.1 Å². The number of thiazole rings is 1. The molecule has 0 aliphatic heterocycles. The fraction of sp³-hybridized carbons (Fsp3) is 0.200. The van der Waals surface area contributed by atoms with Gasteiger partial charge in [-0.05, 0) is 48.2 Å². The molecule has 0 aliphatic rings. The molecule has 0 amide bonds. The predicted octanol–water partition coefficient (Wildman–Crippen LogP) is 4.51. The second-order valence-corrected chi connectivity index (χ2v) is 7.33. The minimum absolute atomic E-state index is 0.261. The number of methoxy groups -OCH3 is 1. The molecule has 4 nitrogen and oxygen atoms in total. The van der Waals surface area contributed by atoms with Crippen LogP contribution in [0.5, 0.6) is 0 Å². The second-order valence-electron chi connectivity index (χ2n) is 5.61. The highest BCUT2D eigenvalue weighted by Crippen LogP contribution is 2.20. The van der Waals surface area contributed by atoms with E-state index in [1.165, 1.54) is 28.4 Å². The standard InChI is InChI=1S/C20H20FN3OS2/c1-25-12-11-22-20-24(23-13-15-3-9-18(26-2)10-4-15)19(14-27-20)16-5-7-17(21)8-6-16/h3-10,13-14H,11-12H2,1-2H3/b22-20?,23-13-. The minimum atomic E-state index is -0.261. The number of ether oxygens (including phenoxy) is 1. The zero-order valence-corrected chi connectivity index (χ0v) is 16.8. The van der Waals surface area contributed by atoms with Crippen molar-refractivity contribution in [3.05, 3.63) is 70.1 Å². The number of hydrogen-bond acceptors (Lipinski definition) is 5. The van der Waals surface area contributed by atoms with Crippen molar-refractivity contribution in [2.45, 2.75) is 4.90 Å². The van der Waals surface area contributed by atoms with Gasteiger partial charge in [0.2, 0.25) is 4.80 Å². The van der Waals surface area contributed by atoms with Crippen LogP contribution in [-0.2, 0) is 4.74 Å². The van der Waals surface area contributed by atoms with Crippen LogP contribution in [0.25, 0.3) is 11.3 Å². The summed E-state index contributed by atoms with van der Waals surface area (Å²) in [6.07, 6.45) is 3.85. The topological polar surface area (TPSA) is 38.9 Å². The molecule has 0 atom stereocenters. The SMILES string of the molecule is COCCN=c1scc(-c2ccc(F)cc2)n1/N=C\c1ccc(SC)cc1. The minimum Gasteiger partial charge on any atom is -0.383 e. The van der Waals surface area contributed by atoms with Gasteiger partial charge in [0.25, 0.3) is 0 Å². The van der Waals surface area contributed by atoms with Gasteiger partial charge in [0.1, 0.15) is 5.82 Å². The molecule has 0 saturated carbocycles.